The Hall–Kier alpha value is -1.23. The second kappa shape index (κ2) is 4.33. The standard InChI is InChI=1S/C11H17N3OS/c1-2-5-14-11-7(6-3-4-6)8(12)9(16-11)10(13)15/h6,14H,2-5,12H2,1H3,(H2,13,15). The van der Waals surface area contributed by atoms with Crippen LogP contribution in [-0.4, -0.2) is 12.5 Å². The van der Waals surface area contributed by atoms with E-state index in [0.717, 1.165) is 23.5 Å². The van der Waals surface area contributed by atoms with Crippen molar-refractivity contribution in [2.45, 2.75) is 32.1 Å². The van der Waals surface area contributed by atoms with Crippen LogP contribution in [0.15, 0.2) is 0 Å². The maximum Gasteiger partial charge on any atom is 0.260 e. The van der Waals surface area contributed by atoms with Gasteiger partial charge in [0.2, 0.25) is 0 Å². The molecule has 0 atom stereocenters. The third-order valence-electron chi connectivity index (χ3n) is 2.73. The SMILES string of the molecule is CCCNc1sc(C(N)=O)c(N)c1C1CC1. The highest BCUT2D eigenvalue weighted by atomic mass is 32.1. The van der Waals surface area contributed by atoms with Gasteiger partial charge in [0.15, 0.2) is 0 Å². The monoisotopic (exact) mass is 239 g/mol. The molecule has 0 spiro atoms. The maximum atomic E-state index is 11.2. The molecule has 0 unspecified atom stereocenters. The molecule has 1 fully saturated rings. The Morgan fingerprint density at radius 2 is 2.25 bits per heavy atom. The second-order valence-corrected chi connectivity index (χ2v) is 5.17. The van der Waals surface area contributed by atoms with Crippen LogP contribution < -0.4 is 16.8 Å². The Morgan fingerprint density at radius 1 is 1.56 bits per heavy atom. The highest BCUT2D eigenvalue weighted by molar-refractivity contribution is 7.18. The van der Waals surface area contributed by atoms with E-state index in [2.05, 4.69) is 12.2 Å². The van der Waals surface area contributed by atoms with Crippen molar-refractivity contribution in [1.82, 2.24) is 0 Å². The van der Waals surface area contributed by atoms with Gasteiger partial charge in [-0.1, -0.05) is 6.92 Å². The molecule has 0 aromatic carbocycles. The van der Waals surface area contributed by atoms with E-state index in [0.29, 0.717) is 16.5 Å². The van der Waals surface area contributed by atoms with Crippen molar-refractivity contribution in [3.8, 4) is 0 Å². The Kier molecular flexibility index (Phi) is 3.05. The van der Waals surface area contributed by atoms with E-state index in [4.69, 9.17) is 11.5 Å². The summed E-state index contributed by atoms with van der Waals surface area (Å²) < 4.78 is 0. The molecule has 0 bridgehead atoms. The van der Waals surface area contributed by atoms with E-state index in [1.165, 1.54) is 24.2 Å². The first-order valence-corrected chi connectivity index (χ1v) is 6.42. The molecule has 1 aliphatic carbocycles. The highest BCUT2D eigenvalue weighted by Gasteiger charge is 2.32. The van der Waals surface area contributed by atoms with Gasteiger partial charge in [0, 0.05) is 12.1 Å². The third-order valence-corrected chi connectivity index (χ3v) is 3.92. The Bertz CT molecular complexity index is 410. The van der Waals surface area contributed by atoms with Crippen molar-refractivity contribution < 1.29 is 4.79 Å². The molecule has 1 aliphatic rings. The fourth-order valence-corrected chi connectivity index (χ4v) is 2.87. The minimum atomic E-state index is -0.422. The van der Waals surface area contributed by atoms with Crippen molar-refractivity contribution in [3.05, 3.63) is 10.4 Å². The summed E-state index contributed by atoms with van der Waals surface area (Å²) in [5, 5.41) is 4.37. The fraction of sp³-hybridized carbons (Fsp3) is 0.545. The number of rotatable bonds is 5. The molecule has 5 N–H and O–H groups in total. The molecule has 1 aromatic heterocycles. The largest absolute Gasteiger partial charge is 0.397 e. The normalized spacial score (nSPS) is 15.1. The summed E-state index contributed by atoms with van der Waals surface area (Å²) in [6.07, 6.45) is 3.38. The fourth-order valence-electron chi connectivity index (χ4n) is 1.79. The van der Waals surface area contributed by atoms with Crippen molar-refractivity contribution >= 4 is 27.9 Å². The van der Waals surface area contributed by atoms with Crippen LogP contribution in [0.5, 0.6) is 0 Å². The number of carbonyl (C=O) groups excluding carboxylic acids is 1. The summed E-state index contributed by atoms with van der Waals surface area (Å²) in [4.78, 5) is 11.7. The topological polar surface area (TPSA) is 81.1 Å². The number of thiophene rings is 1. The number of nitrogens with two attached hydrogens (primary N) is 2. The van der Waals surface area contributed by atoms with E-state index < -0.39 is 5.91 Å². The number of hydrogen-bond donors (Lipinski definition) is 3. The molecule has 0 aliphatic heterocycles. The number of carbonyl (C=O) groups is 1. The first-order chi connectivity index (χ1) is 7.65. The van der Waals surface area contributed by atoms with Gasteiger partial charge in [-0.25, -0.2) is 0 Å². The Morgan fingerprint density at radius 3 is 2.75 bits per heavy atom. The average molecular weight is 239 g/mol. The summed E-state index contributed by atoms with van der Waals surface area (Å²) in [6.45, 7) is 3.01. The molecule has 88 valence electrons. The zero-order valence-electron chi connectivity index (χ0n) is 9.38. The van der Waals surface area contributed by atoms with Gasteiger partial charge < -0.3 is 16.8 Å². The molecule has 0 radical (unpaired) electrons. The first-order valence-electron chi connectivity index (χ1n) is 5.61. The molecular formula is C11H17N3OS. The molecule has 5 heteroatoms. The lowest BCUT2D eigenvalue weighted by Crippen LogP contribution is -2.11. The summed E-state index contributed by atoms with van der Waals surface area (Å²) in [5.41, 5.74) is 13.0. The predicted molar refractivity (Wildman–Crippen MR) is 68.0 cm³/mol. The van der Waals surface area contributed by atoms with Crippen molar-refractivity contribution in [1.29, 1.82) is 0 Å². The molecule has 0 saturated heterocycles. The molecule has 1 amide bonds. The van der Waals surface area contributed by atoms with Crippen molar-refractivity contribution in [2.75, 3.05) is 17.6 Å². The van der Waals surface area contributed by atoms with Gasteiger partial charge in [0.1, 0.15) is 4.88 Å². The summed E-state index contributed by atoms with van der Waals surface area (Å²) in [7, 11) is 0. The average Bonchev–Trinajstić information content (AvgIpc) is 3.00. The third kappa shape index (κ3) is 2.00. The molecule has 1 saturated carbocycles. The number of hydrogen-bond acceptors (Lipinski definition) is 4. The second-order valence-electron chi connectivity index (χ2n) is 4.15. The van der Waals surface area contributed by atoms with Gasteiger partial charge in [0.25, 0.3) is 5.91 Å². The zero-order valence-corrected chi connectivity index (χ0v) is 10.2. The van der Waals surface area contributed by atoms with Crippen LogP contribution in [0.25, 0.3) is 0 Å². The summed E-state index contributed by atoms with van der Waals surface area (Å²) in [6, 6.07) is 0. The van der Waals surface area contributed by atoms with E-state index in [9.17, 15) is 4.79 Å². The predicted octanol–water partition coefficient (Wildman–Crippen LogP) is 2.13. The van der Waals surface area contributed by atoms with E-state index >= 15 is 0 Å². The van der Waals surface area contributed by atoms with Gasteiger partial charge >= 0.3 is 0 Å². The number of anilines is 2. The van der Waals surface area contributed by atoms with Crippen molar-refractivity contribution in [2.24, 2.45) is 5.73 Å². The van der Waals surface area contributed by atoms with Crippen LogP contribution in [0.1, 0.15) is 47.3 Å². The number of primary amides is 1. The van der Waals surface area contributed by atoms with E-state index in [-0.39, 0.29) is 0 Å². The summed E-state index contributed by atoms with van der Waals surface area (Å²) >= 11 is 1.39. The smallest absolute Gasteiger partial charge is 0.260 e. The number of nitrogens with one attached hydrogen (secondary N) is 1. The minimum absolute atomic E-state index is 0.422. The molecule has 1 heterocycles. The molecule has 2 rings (SSSR count). The van der Waals surface area contributed by atoms with Crippen LogP contribution in [0.3, 0.4) is 0 Å². The zero-order chi connectivity index (χ0) is 11.7. The number of amides is 1. The molecule has 16 heavy (non-hydrogen) atoms. The van der Waals surface area contributed by atoms with Crippen LogP contribution in [0.4, 0.5) is 10.7 Å². The van der Waals surface area contributed by atoms with Gasteiger partial charge in [-0.15, -0.1) is 11.3 Å². The maximum absolute atomic E-state index is 11.2. The lowest BCUT2D eigenvalue weighted by Gasteiger charge is -2.05. The minimum Gasteiger partial charge on any atom is -0.397 e. The van der Waals surface area contributed by atoms with Crippen LogP contribution in [-0.2, 0) is 0 Å². The van der Waals surface area contributed by atoms with Crippen molar-refractivity contribution in [3.63, 3.8) is 0 Å². The quantitative estimate of drug-likeness (QED) is 0.736. The van der Waals surface area contributed by atoms with E-state index in [1.807, 2.05) is 0 Å². The van der Waals surface area contributed by atoms with Gasteiger partial charge in [-0.05, 0) is 25.2 Å². The molecular weight excluding hydrogens is 222 g/mol. The lowest BCUT2D eigenvalue weighted by atomic mass is 10.1. The lowest BCUT2D eigenvalue weighted by molar-refractivity contribution is 0.100. The van der Waals surface area contributed by atoms with Gasteiger partial charge in [-0.2, -0.15) is 0 Å². The van der Waals surface area contributed by atoms with Crippen LogP contribution in [0.2, 0.25) is 0 Å². The number of nitrogen functional groups attached to an aromatic ring is 1. The first kappa shape index (κ1) is 11.3. The van der Waals surface area contributed by atoms with Gasteiger partial charge in [0.05, 0.1) is 10.7 Å². The van der Waals surface area contributed by atoms with Crippen LogP contribution >= 0.6 is 11.3 Å². The molecule has 4 nitrogen and oxygen atoms in total. The van der Waals surface area contributed by atoms with E-state index in [1.54, 1.807) is 0 Å². The van der Waals surface area contributed by atoms with Crippen LogP contribution in [0, 0.1) is 0 Å². The van der Waals surface area contributed by atoms with Gasteiger partial charge in [-0.3, -0.25) is 4.79 Å². The molecule has 1 aromatic rings. The highest BCUT2D eigenvalue weighted by Crippen LogP contribution is 2.50. The Balaban J connectivity index is 2.33. The Labute approximate surface area is 99.0 Å². The summed E-state index contributed by atoms with van der Waals surface area (Å²) in [5.74, 6) is 0.109.